The first-order valence-corrected chi connectivity index (χ1v) is 20.7. The van der Waals surface area contributed by atoms with Crippen LogP contribution in [0.3, 0.4) is 0 Å². The van der Waals surface area contributed by atoms with Gasteiger partial charge < -0.3 is 4.42 Å². The van der Waals surface area contributed by atoms with Crippen molar-refractivity contribution >= 4 is 49.1 Å². The van der Waals surface area contributed by atoms with E-state index in [-0.39, 0.29) is 11.5 Å². The summed E-state index contributed by atoms with van der Waals surface area (Å²) in [7, 11) is 0. The van der Waals surface area contributed by atoms with Crippen LogP contribution in [0.5, 0.6) is 0 Å². The number of hydrogen-bond acceptors (Lipinski definition) is 2. The highest BCUT2D eigenvalue weighted by molar-refractivity contribution is 7.20. The van der Waals surface area contributed by atoms with Crippen molar-refractivity contribution in [2.45, 2.75) is 79.2 Å². The van der Waals surface area contributed by atoms with Crippen molar-refractivity contribution in [1.82, 2.24) is 0 Å². The van der Waals surface area contributed by atoms with Crippen LogP contribution in [0.1, 0.15) is 78.3 Å². The second kappa shape index (κ2) is 12.6. The summed E-state index contributed by atoms with van der Waals surface area (Å²) in [6.07, 6.45) is 8.47. The molecule has 3 nitrogen and oxygen atoms in total. The molecule has 0 amide bonds. The Labute approximate surface area is 328 Å². The number of hydrogen-bond donors (Lipinski definition) is 0. The highest BCUT2D eigenvalue weighted by Crippen LogP contribution is 2.47. The standard InChI is InChI=1S/C51H48N2OS/c1-30-13-12-14-31(2)46(30)42-27-45-47-34(19-22-40-41-23-20-35-26-33(4)55-50(35)49(41)54-48(40)47)18-21-39-37-15-8-9-16-38(37)43-17-10-11-24-52(43)44(39)25-32(3)53(45)29-36(42)28-51(5,6)7/h8-17,19-20,22-24,26-27,29,39,44H,3,18,21,25,28H2,1-2,4-7H3/q+2. The Hall–Kier alpha value is -5.32. The van der Waals surface area contributed by atoms with E-state index in [1.807, 2.05) is 11.3 Å². The first-order chi connectivity index (χ1) is 26.5. The number of aromatic nitrogens is 2. The summed E-state index contributed by atoms with van der Waals surface area (Å²) in [4.78, 5) is 1.30. The summed E-state index contributed by atoms with van der Waals surface area (Å²) >= 11 is 1.83. The van der Waals surface area contributed by atoms with Gasteiger partial charge in [0.15, 0.2) is 29.7 Å². The zero-order valence-electron chi connectivity index (χ0n) is 32.8. The van der Waals surface area contributed by atoms with E-state index in [0.717, 1.165) is 48.2 Å². The molecule has 0 fully saturated rings. The normalized spacial score (nSPS) is 16.8. The molecule has 0 aliphatic carbocycles. The molecule has 6 heterocycles. The van der Waals surface area contributed by atoms with Gasteiger partial charge in [-0.25, -0.2) is 0 Å². The lowest BCUT2D eigenvalue weighted by molar-refractivity contribution is -0.720. The van der Waals surface area contributed by atoms with Crippen molar-refractivity contribution in [3.8, 4) is 33.6 Å². The van der Waals surface area contributed by atoms with Crippen molar-refractivity contribution in [3.63, 3.8) is 0 Å². The average Bonchev–Trinajstić information content (AvgIpc) is 3.73. The molecule has 4 aromatic carbocycles. The molecule has 4 heteroatoms. The van der Waals surface area contributed by atoms with Crippen LogP contribution in [-0.2, 0) is 12.8 Å². The number of thiophene rings is 1. The third kappa shape index (κ3) is 5.52. The number of aryl methyl sites for hydroxylation is 4. The van der Waals surface area contributed by atoms with Gasteiger partial charge in [0.1, 0.15) is 5.58 Å². The maximum Gasteiger partial charge on any atom is 0.222 e. The fourth-order valence-corrected chi connectivity index (χ4v) is 10.9. The van der Waals surface area contributed by atoms with Gasteiger partial charge in [-0.05, 0) is 115 Å². The number of fused-ring (bicyclic) bond motifs is 15. The zero-order valence-corrected chi connectivity index (χ0v) is 33.6. The summed E-state index contributed by atoms with van der Waals surface area (Å²) in [5, 5.41) is 3.61. The molecule has 2 aliphatic rings. The topological polar surface area (TPSA) is 20.9 Å². The van der Waals surface area contributed by atoms with E-state index in [0.29, 0.717) is 5.92 Å². The molecule has 55 heavy (non-hydrogen) atoms. The lowest BCUT2D eigenvalue weighted by Gasteiger charge is -2.31. The maximum absolute atomic E-state index is 7.21. The van der Waals surface area contributed by atoms with Crippen LogP contribution < -0.4 is 9.13 Å². The Morgan fingerprint density at radius 1 is 0.782 bits per heavy atom. The molecule has 0 spiro atoms. The van der Waals surface area contributed by atoms with E-state index >= 15 is 0 Å². The van der Waals surface area contributed by atoms with Crippen LogP contribution in [0.2, 0.25) is 0 Å². The first kappa shape index (κ1) is 34.2. The summed E-state index contributed by atoms with van der Waals surface area (Å²) in [5.74, 6) is 0.325. The Kier molecular flexibility index (Phi) is 7.84. The number of benzene rings is 4. The molecule has 2 atom stereocenters. The van der Waals surface area contributed by atoms with Crippen molar-refractivity contribution in [3.05, 3.63) is 149 Å². The molecule has 0 N–H and O–H groups in total. The number of pyridine rings is 2. The van der Waals surface area contributed by atoms with Gasteiger partial charge in [0.05, 0.1) is 16.7 Å². The number of allylic oxidation sites excluding steroid dienone is 1. The summed E-state index contributed by atoms with van der Waals surface area (Å²) in [6.45, 7) is 18.8. The quantitative estimate of drug-likeness (QED) is 0.162. The molecule has 10 rings (SSSR count). The van der Waals surface area contributed by atoms with Gasteiger partial charge in [0.25, 0.3) is 0 Å². The second-order valence-corrected chi connectivity index (χ2v) is 18.6. The number of nitrogens with zero attached hydrogens (tertiary/aromatic N) is 2. The minimum Gasteiger partial charge on any atom is -0.454 e. The van der Waals surface area contributed by atoms with Crippen LogP contribution in [-0.4, -0.2) is 0 Å². The molecule has 2 unspecified atom stereocenters. The Bertz CT molecular complexity index is 2860. The molecule has 4 aromatic heterocycles. The van der Waals surface area contributed by atoms with Gasteiger partial charge in [-0.1, -0.05) is 75.4 Å². The molecule has 0 saturated heterocycles. The van der Waals surface area contributed by atoms with Gasteiger partial charge in [0.2, 0.25) is 11.4 Å². The lowest BCUT2D eigenvalue weighted by atomic mass is 9.77. The molecule has 0 bridgehead atoms. The minimum atomic E-state index is 0.0819. The third-order valence-electron chi connectivity index (χ3n) is 12.3. The van der Waals surface area contributed by atoms with Crippen molar-refractivity contribution in [2.75, 3.05) is 0 Å². The predicted octanol–water partition coefficient (Wildman–Crippen LogP) is 13.0. The van der Waals surface area contributed by atoms with E-state index in [9.17, 15) is 0 Å². The molecule has 8 aromatic rings. The fourth-order valence-electron chi connectivity index (χ4n) is 9.95. The van der Waals surface area contributed by atoms with Crippen LogP contribution >= 0.6 is 11.3 Å². The summed E-state index contributed by atoms with van der Waals surface area (Å²) in [5.41, 5.74) is 17.5. The Balaban J connectivity index is 1.30. The third-order valence-corrected chi connectivity index (χ3v) is 13.3. The monoisotopic (exact) mass is 736 g/mol. The van der Waals surface area contributed by atoms with Gasteiger partial charge in [-0.2, -0.15) is 9.13 Å². The molecular formula is C51H48N2OS+2. The highest BCUT2D eigenvalue weighted by Gasteiger charge is 2.43. The van der Waals surface area contributed by atoms with Gasteiger partial charge in [-0.3, -0.25) is 0 Å². The molecule has 272 valence electrons. The van der Waals surface area contributed by atoms with Gasteiger partial charge in [0, 0.05) is 50.9 Å². The lowest BCUT2D eigenvalue weighted by Crippen LogP contribution is -2.49. The van der Waals surface area contributed by atoms with Crippen LogP contribution in [0.15, 0.2) is 120 Å². The molecule has 0 radical (unpaired) electrons. The smallest absolute Gasteiger partial charge is 0.222 e. The zero-order chi connectivity index (χ0) is 37.7. The average molecular weight is 737 g/mol. The Morgan fingerprint density at radius 2 is 1.55 bits per heavy atom. The van der Waals surface area contributed by atoms with Crippen molar-refractivity contribution in [1.29, 1.82) is 0 Å². The largest absolute Gasteiger partial charge is 0.454 e. The van der Waals surface area contributed by atoms with Crippen molar-refractivity contribution < 1.29 is 13.6 Å². The highest BCUT2D eigenvalue weighted by atomic mass is 32.1. The maximum atomic E-state index is 7.21. The van der Waals surface area contributed by atoms with Crippen LogP contribution in [0.4, 0.5) is 0 Å². The predicted molar refractivity (Wildman–Crippen MR) is 230 cm³/mol. The van der Waals surface area contributed by atoms with E-state index in [1.54, 1.807) is 0 Å². The van der Waals surface area contributed by atoms with Crippen LogP contribution in [0.25, 0.3) is 71.4 Å². The summed E-state index contributed by atoms with van der Waals surface area (Å²) in [6, 6.07) is 36.7. The van der Waals surface area contributed by atoms with E-state index < -0.39 is 0 Å². The van der Waals surface area contributed by atoms with Crippen molar-refractivity contribution in [2.24, 2.45) is 5.41 Å². The van der Waals surface area contributed by atoms with Gasteiger partial charge >= 0.3 is 0 Å². The number of rotatable bonds is 2. The fraction of sp³-hybridized carbons (Fsp3) is 0.255. The van der Waals surface area contributed by atoms with E-state index in [4.69, 9.17) is 11.0 Å². The van der Waals surface area contributed by atoms with Gasteiger partial charge in [-0.15, -0.1) is 11.3 Å². The first-order valence-electron chi connectivity index (χ1n) is 19.8. The van der Waals surface area contributed by atoms with Crippen LogP contribution in [0, 0.1) is 26.2 Å². The minimum absolute atomic E-state index is 0.0819. The Morgan fingerprint density at radius 3 is 2.36 bits per heavy atom. The molecule has 2 aliphatic heterocycles. The van der Waals surface area contributed by atoms with E-state index in [1.165, 1.54) is 81.5 Å². The molecular weight excluding hydrogens is 689 g/mol. The number of furan rings is 1. The molecule has 0 saturated carbocycles. The summed E-state index contributed by atoms with van der Waals surface area (Å²) < 4.78 is 13.4. The van der Waals surface area contributed by atoms with E-state index in [2.05, 4.69) is 160 Å². The SMILES string of the molecule is C=C1CC2C(CCc3ccc4c(oc5c4ccc4cc(C)sc45)c3-c3cc(-c4c(C)cccc4C)c(CC(C)(C)C)c[n+]31)c1ccccc1-c1cccc[n+]12. The second-order valence-electron chi connectivity index (χ2n) is 17.3.